The van der Waals surface area contributed by atoms with Gasteiger partial charge in [0.15, 0.2) is 0 Å². The van der Waals surface area contributed by atoms with E-state index >= 15 is 0 Å². The monoisotopic (exact) mass is 496 g/mol. The molecular weight excluding hydrogens is 479 g/mol. The Morgan fingerprint density at radius 2 is 1.41 bits per heavy atom. The highest BCUT2D eigenvalue weighted by Gasteiger charge is 2.37. The number of anilines is 1. The van der Waals surface area contributed by atoms with Gasteiger partial charge in [-0.1, -0.05) is 42.0 Å². The van der Waals surface area contributed by atoms with Crippen molar-refractivity contribution in [3.63, 3.8) is 0 Å². The lowest BCUT2D eigenvalue weighted by molar-refractivity contribution is 0.0650. The molecule has 0 spiro atoms. The number of amides is 3. The molecule has 1 aliphatic rings. The van der Waals surface area contributed by atoms with Gasteiger partial charge in [-0.3, -0.25) is 24.2 Å². The summed E-state index contributed by atoms with van der Waals surface area (Å²) in [6, 6.07) is 21.4. The first-order chi connectivity index (χ1) is 14.0. The molecule has 144 valence electrons. The topological polar surface area (TPSA) is 57.7 Å². The van der Waals surface area contributed by atoms with Gasteiger partial charge >= 0.3 is 0 Å². The van der Waals surface area contributed by atoms with Crippen LogP contribution in [0.1, 0.15) is 36.6 Å². The van der Waals surface area contributed by atoms with Crippen molar-refractivity contribution in [2.75, 3.05) is 11.6 Å². The molecule has 1 heterocycles. The van der Waals surface area contributed by atoms with Crippen LogP contribution in [0.25, 0.3) is 0 Å². The minimum atomic E-state index is -0.391. The van der Waals surface area contributed by atoms with Crippen LogP contribution in [0, 0.1) is 10.5 Å². The Morgan fingerprint density at radius 3 is 2.00 bits per heavy atom. The molecule has 0 radical (unpaired) electrons. The van der Waals surface area contributed by atoms with Crippen LogP contribution in [0.2, 0.25) is 0 Å². The molecular formula is C23H17IN2O3. The molecule has 0 saturated carbocycles. The largest absolute Gasteiger partial charge is 0.288 e. The first-order valence-corrected chi connectivity index (χ1v) is 10.1. The Hall–Kier alpha value is -3.00. The van der Waals surface area contributed by atoms with Gasteiger partial charge in [0.2, 0.25) is 0 Å². The molecule has 0 aromatic heterocycles. The maximum Gasteiger partial charge on any atom is 0.263 e. The maximum atomic E-state index is 13.4. The highest BCUT2D eigenvalue weighted by Crippen LogP contribution is 2.28. The smallest absolute Gasteiger partial charge is 0.263 e. The highest BCUT2D eigenvalue weighted by molar-refractivity contribution is 14.1. The summed E-state index contributed by atoms with van der Waals surface area (Å²) < 4.78 is 0.849. The second-order valence-electron chi connectivity index (χ2n) is 6.78. The predicted molar refractivity (Wildman–Crippen MR) is 119 cm³/mol. The Bertz CT molecular complexity index is 1090. The third-order valence-corrected chi connectivity index (χ3v) is 5.76. The Balaban J connectivity index is 1.73. The van der Waals surface area contributed by atoms with Crippen molar-refractivity contribution in [1.29, 1.82) is 0 Å². The molecule has 3 amide bonds. The van der Waals surface area contributed by atoms with Crippen molar-refractivity contribution in [1.82, 2.24) is 4.90 Å². The summed E-state index contributed by atoms with van der Waals surface area (Å²) in [5, 5.41) is 0. The van der Waals surface area contributed by atoms with E-state index in [0.717, 1.165) is 14.0 Å². The number of carbonyl (C=O) groups is 3. The van der Waals surface area contributed by atoms with Crippen LogP contribution in [0.15, 0.2) is 72.8 Å². The Labute approximate surface area is 182 Å². The van der Waals surface area contributed by atoms with E-state index in [-0.39, 0.29) is 12.6 Å². The fraction of sp³-hybridized carbons (Fsp3) is 0.0870. The molecule has 0 aliphatic carbocycles. The molecule has 0 N–H and O–H groups in total. The predicted octanol–water partition coefficient (Wildman–Crippen LogP) is 4.50. The zero-order valence-corrected chi connectivity index (χ0v) is 17.8. The second kappa shape index (κ2) is 7.79. The Morgan fingerprint density at radius 1 is 0.862 bits per heavy atom. The third kappa shape index (κ3) is 3.55. The number of carbonyl (C=O) groups excluding carboxylic acids is 3. The van der Waals surface area contributed by atoms with Crippen LogP contribution in [0.4, 0.5) is 5.69 Å². The molecule has 5 nitrogen and oxygen atoms in total. The summed E-state index contributed by atoms with van der Waals surface area (Å²) in [4.78, 5) is 41.6. The molecule has 1 aliphatic heterocycles. The average Bonchev–Trinajstić information content (AvgIpc) is 2.97. The molecule has 0 bridgehead atoms. The van der Waals surface area contributed by atoms with Crippen LogP contribution in [0.3, 0.4) is 0 Å². The number of para-hydroxylation sites is 1. The maximum absolute atomic E-state index is 13.4. The lowest BCUT2D eigenvalue weighted by Gasteiger charge is -2.28. The number of benzene rings is 3. The number of fused-ring (bicyclic) bond motifs is 1. The molecule has 0 saturated heterocycles. The number of halogens is 1. The van der Waals surface area contributed by atoms with Crippen LogP contribution in [-0.4, -0.2) is 29.3 Å². The van der Waals surface area contributed by atoms with E-state index in [9.17, 15) is 14.4 Å². The van der Waals surface area contributed by atoms with E-state index in [1.807, 2.05) is 43.3 Å². The number of hydrogen-bond acceptors (Lipinski definition) is 3. The van der Waals surface area contributed by atoms with E-state index in [2.05, 4.69) is 22.6 Å². The van der Waals surface area contributed by atoms with Crippen LogP contribution >= 0.6 is 22.6 Å². The second-order valence-corrected chi connectivity index (χ2v) is 7.94. The van der Waals surface area contributed by atoms with Crippen LogP contribution in [-0.2, 0) is 0 Å². The number of aryl methyl sites for hydroxylation is 1. The zero-order chi connectivity index (χ0) is 20.5. The standard InChI is InChI=1S/C23H17IN2O3/c1-15-10-12-16(13-11-15)21(27)25(20-9-5-4-8-19(20)24)14-26-22(28)17-6-2-3-7-18(17)23(26)29/h2-13H,14H2,1H3. The van der Waals surface area contributed by atoms with E-state index in [1.165, 1.54) is 4.90 Å². The number of nitrogens with zero attached hydrogens (tertiary/aromatic N) is 2. The van der Waals surface area contributed by atoms with Gasteiger partial charge in [0.05, 0.1) is 16.8 Å². The van der Waals surface area contributed by atoms with Gasteiger partial charge in [0, 0.05) is 9.13 Å². The van der Waals surface area contributed by atoms with Gasteiger partial charge in [-0.2, -0.15) is 0 Å². The summed E-state index contributed by atoms with van der Waals surface area (Å²) >= 11 is 2.15. The molecule has 0 unspecified atom stereocenters. The molecule has 0 atom stereocenters. The van der Waals surface area contributed by atoms with E-state index < -0.39 is 11.8 Å². The summed E-state index contributed by atoms with van der Waals surface area (Å²) in [5.41, 5.74) is 2.91. The Kier molecular flexibility index (Phi) is 5.19. The normalized spacial score (nSPS) is 12.8. The summed E-state index contributed by atoms with van der Waals surface area (Å²) in [7, 11) is 0. The summed E-state index contributed by atoms with van der Waals surface area (Å²) in [5.74, 6) is -1.05. The molecule has 29 heavy (non-hydrogen) atoms. The zero-order valence-electron chi connectivity index (χ0n) is 15.6. The lowest BCUT2D eigenvalue weighted by Crippen LogP contribution is -2.44. The van der Waals surface area contributed by atoms with Crippen molar-refractivity contribution < 1.29 is 14.4 Å². The fourth-order valence-electron chi connectivity index (χ4n) is 3.28. The van der Waals surface area contributed by atoms with Gasteiger partial charge in [-0.25, -0.2) is 0 Å². The summed E-state index contributed by atoms with van der Waals surface area (Å²) in [6.07, 6.45) is 0. The van der Waals surface area contributed by atoms with Gasteiger partial charge in [0.1, 0.15) is 6.67 Å². The molecule has 4 rings (SSSR count). The third-order valence-electron chi connectivity index (χ3n) is 4.85. The van der Waals surface area contributed by atoms with E-state index in [1.54, 1.807) is 36.4 Å². The van der Waals surface area contributed by atoms with Crippen molar-refractivity contribution in [3.05, 3.63) is 98.6 Å². The fourth-order valence-corrected chi connectivity index (χ4v) is 3.96. The van der Waals surface area contributed by atoms with Crippen LogP contribution < -0.4 is 4.90 Å². The lowest BCUT2D eigenvalue weighted by atomic mass is 10.1. The van der Waals surface area contributed by atoms with E-state index in [4.69, 9.17) is 0 Å². The SMILES string of the molecule is Cc1ccc(C(=O)N(CN2C(=O)c3ccccc3C2=O)c2ccccc2I)cc1. The first kappa shape index (κ1) is 19.3. The van der Waals surface area contributed by atoms with Gasteiger partial charge in [-0.05, 0) is 65.9 Å². The van der Waals surface area contributed by atoms with Crippen molar-refractivity contribution >= 4 is 46.0 Å². The van der Waals surface area contributed by atoms with Gasteiger partial charge in [-0.15, -0.1) is 0 Å². The minimum Gasteiger partial charge on any atom is -0.288 e. The van der Waals surface area contributed by atoms with Gasteiger partial charge in [0.25, 0.3) is 17.7 Å². The molecule has 0 fully saturated rings. The average molecular weight is 496 g/mol. The highest BCUT2D eigenvalue weighted by atomic mass is 127. The quantitative estimate of drug-likeness (QED) is 0.395. The summed E-state index contributed by atoms with van der Waals surface area (Å²) in [6.45, 7) is 1.80. The number of imide groups is 1. The first-order valence-electron chi connectivity index (χ1n) is 9.05. The van der Waals surface area contributed by atoms with Crippen molar-refractivity contribution in [2.45, 2.75) is 6.92 Å². The molecule has 6 heteroatoms. The van der Waals surface area contributed by atoms with Crippen molar-refractivity contribution in [2.24, 2.45) is 0 Å². The molecule has 3 aromatic carbocycles. The van der Waals surface area contributed by atoms with E-state index in [0.29, 0.717) is 22.4 Å². The number of rotatable bonds is 4. The minimum absolute atomic E-state index is 0.154. The number of hydrogen-bond donors (Lipinski definition) is 0. The molecule has 3 aromatic rings. The van der Waals surface area contributed by atoms with Gasteiger partial charge < -0.3 is 0 Å². The van der Waals surface area contributed by atoms with Crippen LogP contribution in [0.5, 0.6) is 0 Å². The van der Waals surface area contributed by atoms with Crippen molar-refractivity contribution in [3.8, 4) is 0 Å².